The first-order valence-corrected chi connectivity index (χ1v) is 11.2. The summed E-state index contributed by atoms with van der Waals surface area (Å²) in [5.74, 6) is 0.216. The second kappa shape index (κ2) is 10.1. The molecule has 1 fully saturated rings. The second-order valence-electron chi connectivity index (χ2n) is 7.16. The fraction of sp³-hybridized carbons (Fsp3) is 0.476. The average molecular weight is 420 g/mol. The van der Waals surface area contributed by atoms with Crippen LogP contribution in [0.3, 0.4) is 0 Å². The van der Waals surface area contributed by atoms with Crippen LogP contribution in [0.1, 0.15) is 44.9 Å². The van der Waals surface area contributed by atoms with Crippen LogP contribution < -0.4 is 10.9 Å². The van der Waals surface area contributed by atoms with E-state index in [1.807, 2.05) is 0 Å². The summed E-state index contributed by atoms with van der Waals surface area (Å²) < 4.78 is 1.55. The van der Waals surface area contributed by atoms with Gasteiger partial charge in [0.25, 0.3) is 5.56 Å². The quantitative estimate of drug-likeness (QED) is 0.423. The molecule has 1 aromatic carbocycles. The Morgan fingerprint density at radius 3 is 2.71 bits per heavy atom. The number of carbonyl (C=O) groups excluding carboxylic acids is 1. The zero-order chi connectivity index (χ0) is 19.9. The van der Waals surface area contributed by atoms with Gasteiger partial charge in [0.15, 0.2) is 5.16 Å². The lowest BCUT2D eigenvalue weighted by atomic mass is 9.97. The lowest BCUT2D eigenvalue weighted by Crippen LogP contribution is -2.36. The third-order valence-electron chi connectivity index (χ3n) is 5.00. The van der Waals surface area contributed by atoms with Crippen molar-refractivity contribution in [3.05, 3.63) is 46.2 Å². The Morgan fingerprint density at radius 2 is 2.00 bits per heavy atom. The number of amides is 1. The number of fused-ring (bicyclic) bond motifs is 1. The van der Waals surface area contributed by atoms with Crippen molar-refractivity contribution in [3.63, 3.8) is 0 Å². The molecule has 0 saturated heterocycles. The summed E-state index contributed by atoms with van der Waals surface area (Å²) in [6.45, 7) is 4.07. The van der Waals surface area contributed by atoms with E-state index >= 15 is 0 Å². The van der Waals surface area contributed by atoms with Crippen LogP contribution in [0.25, 0.3) is 10.9 Å². The number of aromatic nitrogens is 2. The molecular weight excluding hydrogens is 394 g/mol. The zero-order valence-electron chi connectivity index (χ0n) is 16.0. The van der Waals surface area contributed by atoms with Gasteiger partial charge < -0.3 is 5.32 Å². The topological polar surface area (TPSA) is 64.0 Å². The summed E-state index contributed by atoms with van der Waals surface area (Å²) in [5, 5.41) is 4.70. The van der Waals surface area contributed by atoms with Crippen molar-refractivity contribution < 1.29 is 4.79 Å². The third-order valence-corrected chi connectivity index (χ3v) is 6.21. The first kappa shape index (κ1) is 20.9. The Labute approximate surface area is 174 Å². The Balaban J connectivity index is 1.73. The van der Waals surface area contributed by atoms with Gasteiger partial charge >= 0.3 is 0 Å². The van der Waals surface area contributed by atoms with Crippen LogP contribution in [-0.4, -0.2) is 27.3 Å². The Hall–Kier alpha value is -1.79. The Kier molecular flexibility index (Phi) is 7.57. The van der Waals surface area contributed by atoms with Crippen molar-refractivity contribution in [2.24, 2.45) is 0 Å². The van der Waals surface area contributed by atoms with E-state index in [2.05, 4.69) is 16.9 Å². The number of allylic oxidation sites excluding steroid dienone is 1. The molecule has 0 atom stereocenters. The number of nitrogens with one attached hydrogen (secondary N) is 1. The highest BCUT2D eigenvalue weighted by Crippen LogP contribution is 2.21. The lowest BCUT2D eigenvalue weighted by molar-refractivity contribution is -0.119. The second-order valence-corrected chi connectivity index (χ2v) is 8.54. The number of hydrogen-bond acceptors (Lipinski definition) is 4. The fourth-order valence-corrected chi connectivity index (χ4v) is 4.56. The fourth-order valence-electron chi connectivity index (χ4n) is 3.57. The number of halogens is 1. The van der Waals surface area contributed by atoms with Gasteiger partial charge in [-0.05, 0) is 31.0 Å². The lowest BCUT2D eigenvalue weighted by Gasteiger charge is -2.21. The van der Waals surface area contributed by atoms with Crippen LogP contribution in [0.2, 0.25) is 5.02 Å². The molecule has 150 valence electrons. The normalized spacial score (nSPS) is 15.8. The zero-order valence-corrected chi connectivity index (χ0v) is 17.5. The summed E-state index contributed by atoms with van der Waals surface area (Å²) in [7, 11) is 0. The number of hydrogen-bond donors (Lipinski definition) is 1. The van der Waals surface area contributed by atoms with Gasteiger partial charge in [-0.2, -0.15) is 0 Å². The minimum atomic E-state index is -0.149. The van der Waals surface area contributed by atoms with Gasteiger partial charge in [0.05, 0.1) is 16.7 Å². The van der Waals surface area contributed by atoms with Crippen LogP contribution >= 0.6 is 23.4 Å². The average Bonchev–Trinajstić information content (AvgIpc) is 2.64. The maximum Gasteiger partial charge on any atom is 0.262 e. The molecule has 0 radical (unpaired) electrons. The molecule has 1 aliphatic carbocycles. The van der Waals surface area contributed by atoms with Gasteiger partial charge in [-0.25, -0.2) is 4.98 Å². The SMILES string of the molecule is C=CCn1c(SCC(=O)NC2CCCCCCC2)nc2cc(Cl)ccc2c1=O. The highest BCUT2D eigenvalue weighted by molar-refractivity contribution is 7.99. The molecule has 0 bridgehead atoms. The van der Waals surface area contributed by atoms with Crippen LogP contribution in [0, 0.1) is 0 Å². The summed E-state index contributed by atoms with van der Waals surface area (Å²) >= 11 is 7.33. The molecule has 1 heterocycles. The summed E-state index contributed by atoms with van der Waals surface area (Å²) in [6.07, 6.45) is 9.89. The van der Waals surface area contributed by atoms with E-state index in [1.54, 1.807) is 28.8 Å². The highest BCUT2D eigenvalue weighted by Gasteiger charge is 2.16. The van der Waals surface area contributed by atoms with E-state index in [4.69, 9.17) is 11.6 Å². The van der Waals surface area contributed by atoms with E-state index in [0.29, 0.717) is 27.6 Å². The largest absolute Gasteiger partial charge is 0.353 e. The molecule has 1 aromatic heterocycles. The molecule has 2 aromatic rings. The molecule has 0 spiro atoms. The number of rotatable bonds is 6. The smallest absolute Gasteiger partial charge is 0.262 e. The van der Waals surface area contributed by atoms with Crippen molar-refractivity contribution in [1.29, 1.82) is 0 Å². The molecule has 7 heteroatoms. The van der Waals surface area contributed by atoms with Gasteiger partial charge in [0.1, 0.15) is 0 Å². The number of thioether (sulfide) groups is 1. The van der Waals surface area contributed by atoms with Crippen molar-refractivity contribution in [1.82, 2.24) is 14.9 Å². The third kappa shape index (κ3) is 5.39. The molecule has 28 heavy (non-hydrogen) atoms. The Bertz CT molecular complexity index is 904. The predicted octanol–water partition coefficient (Wildman–Crippen LogP) is 4.56. The maximum absolute atomic E-state index is 12.8. The summed E-state index contributed by atoms with van der Waals surface area (Å²) in [5.41, 5.74) is 0.394. The molecule has 0 unspecified atom stereocenters. The number of nitrogens with zero attached hydrogens (tertiary/aromatic N) is 2. The number of carbonyl (C=O) groups is 1. The minimum Gasteiger partial charge on any atom is -0.353 e. The maximum atomic E-state index is 12.8. The first-order valence-electron chi connectivity index (χ1n) is 9.81. The molecule has 1 N–H and O–H groups in total. The van der Waals surface area contributed by atoms with Gasteiger partial charge in [0, 0.05) is 17.6 Å². The van der Waals surface area contributed by atoms with Crippen molar-refractivity contribution in [2.75, 3.05) is 5.75 Å². The molecule has 1 saturated carbocycles. The van der Waals surface area contributed by atoms with Gasteiger partial charge in [-0.15, -0.1) is 6.58 Å². The van der Waals surface area contributed by atoms with Gasteiger partial charge in [0.2, 0.25) is 5.91 Å². The molecule has 0 aliphatic heterocycles. The van der Waals surface area contributed by atoms with Crippen molar-refractivity contribution in [2.45, 2.75) is 62.7 Å². The molecule has 1 amide bonds. The highest BCUT2D eigenvalue weighted by atomic mass is 35.5. The first-order chi connectivity index (χ1) is 13.6. The van der Waals surface area contributed by atoms with E-state index in [-0.39, 0.29) is 23.3 Å². The van der Waals surface area contributed by atoms with Crippen molar-refractivity contribution in [3.8, 4) is 0 Å². The predicted molar refractivity (Wildman–Crippen MR) is 116 cm³/mol. The van der Waals surface area contributed by atoms with E-state index in [9.17, 15) is 9.59 Å². The minimum absolute atomic E-state index is 0.0128. The molecule has 5 nitrogen and oxygen atoms in total. The molecule has 3 rings (SSSR count). The van der Waals surface area contributed by atoms with Crippen LogP contribution in [0.15, 0.2) is 40.8 Å². The van der Waals surface area contributed by atoms with E-state index < -0.39 is 0 Å². The van der Waals surface area contributed by atoms with E-state index in [0.717, 1.165) is 12.8 Å². The number of benzene rings is 1. The summed E-state index contributed by atoms with van der Waals surface area (Å²) in [4.78, 5) is 29.8. The van der Waals surface area contributed by atoms with Gasteiger partial charge in [-0.3, -0.25) is 14.2 Å². The van der Waals surface area contributed by atoms with Crippen LogP contribution in [0.5, 0.6) is 0 Å². The molecule has 1 aliphatic rings. The molecular formula is C21H26ClN3O2S. The van der Waals surface area contributed by atoms with E-state index in [1.165, 1.54) is 43.9 Å². The monoisotopic (exact) mass is 419 g/mol. The van der Waals surface area contributed by atoms with Gasteiger partial charge in [-0.1, -0.05) is 61.5 Å². The van der Waals surface area contributed by atoms with Crippen LogP contribution in [-0.2, 0) is 11.3 Å². The standard InChI is InChI=1S/C21H26ClN3O2S/c1-2-12-25-20(27)17-11-10-15(22)13-18(17)24-21(25)28-14-19(26)23-16-8-6-4-3-5-7-9-16/h2,10-11,13,16H,1,3-9,12,14H2,(H,23,26). The van der Waals surface area contributed by atoms with Crippen LogP contribution in [0.4, 0.5) is 0 Å². The summed E-state index contributed by atoms with van der Waals surface area (Å²) in [6, 6.07) is 5.30. The Morgan fingerprint density at radius 1 is 1.29 bits per heavy atom. The van der Waals surface area contributed by atoms with Crippen molar-refractivity contribution >= 4 is 40.2 Å².